The van der Waals surface area contributed by atoms with Crippen LogP contribution in [-0.4, -0.2) is 20.2 Å². The molecule has 4 rings (SSSR count). The van der Waals surface area contributed by atoms with Crippen LogP contribution < -0.4 is 5.32 Å². The third-order valence-electron chi connectivity index (χ3n) is 3.40. The molecule has 2 aromatic heterocycles. The summed E-state index contributed by atoms with van der Waals surface area (Å²) in [7, 11) is 0. The Morgan fingerprint density at radius 1 is 0.960 bits per heavy atom. The number of hydrogen-bond acceptors (Lipinski definition) is 5. The fraction of sp³-hybridized carbons (Fsp3) is 0. The van der Waals surface area contributed by atoms with Gasteiger partial charge in [-0.1, -0.05) is 24.3 Å². The first kappa shape index (κ1) is 18.2. The van der Waals surface area contributed by atoms with Crippen LogP contribution in [0.2, 0.25) is 0 Å². The van der Waals surface area contributed by atoms with Crippen LogP contribution in [0.3, 0.4) is 0 Å². The van der Waals surface area contributed by atoms with Gasteiger partial charge < -0.3 is 11.1 Å². The number of anilines is 2. The maximum absolute atomic E-state index is 7.56. The van der Waals surface area contributed by atoms with Crippen LogP contribution in [0.5, 0.6) is 0 Å². The predicted octanol–water partition coefficient (Wildman–Crippen LogP) is 4.93. The monoisotopic (exact) mass is 560 g/mol. The van der Waals surface area contributed by atoms with Gasteiger partial charge in [-0.3, -0.25) is 5.10 Å². The summed E-state index contributed by atoms with van der Waals surface area (Å²) in [6, 6.07) is 17.0. The van der Waals surface area contributed by atoms with Crippen molar-refractivity contribution in [2.24, 2.45) is 0 Å². The normalized spacial score (nSPS) is 10.4. The molecule has 121 valence electrons. The molecule has 2 aromatic carbocycles. The zero-order valence-corrected chi connectivity index (χ0v) is 18.7. The molecule has 1 radical (unpaired) electrons. The number of fused-ring (bicyclic) bond motifs is 1. The third kappa shape index (κ3) is 4.32. The molecule has 0 bridgehead atoms. The summed E-state index contributed by atoms with van der Waals surface area (Å²) in [5.41, 5.74) is 8.92. The van der Waals surface area contributed by atoms with Crippen molar-refractivity contribution in [1.29, 1.82) is 0 Å². The molecule has 0 saturated carbocycles. The van der Waals surface area contributed by atoms with Gasteiger partial charge in [-0.25, -0.2) is 9.97 Å². The second-order valence-corrected chi connectivity index (χ2v) is 6.13. The summed E-state index contributed by atoms with van der Waals surface area (Å²) >= 11 is 1.47. The van der Waals surface area contributed by atoms with Gasteiger partial charge in [-0.15, -0.1) is 5.69 Å². The van der Waals surface area contributed by atoms with Crippen LogP contribution in [0.1, 0.15) is 0 Å². The standard InChI is InChI=1S/C17H13N6S.Ac/c18-11-5-7-12(8-6-11)24-17-20-14-4-2-1-3-13(14)16(22-17)21-15-9-10-19-23-15;/h1-10,18H,(H2,19,20,21,22,23);/q-1;. The summed E-state index contributed by atoms with van der Waals surface area (Å²) < 4.78 is 0. The van der Waals surface area contributed by atoms with Gasteiger partial charge in [0.1, 0.15) is 11.6 Å². The number of aromatic amines is 1. The van der Waals surface area contributed by atoms with E-state index >= 15 is 0 Å². The molecule has 3 N–H and O–H groups in total. The van der Waals surface area contributed by atoms with Crippen molar-refractivity contribution in [3.63, 3.8) is 0 Å². The number of rotatable bonds is 4. The van der Waals surface area contributed by atoms with Gasteiger partial charge in [0, 0.05) is 60.4 Å². The van der Waals surface area contributed by atoms with Crippen molar-refractivity contribution in [3.05, 3.63) is 66.5 Å². The van der Waals surface area contributed by atoms with Gasteiger partial charge in [-0.2, -0.15) is 5.10 Å². The Balaban J connectivity index is 0.00000182. The van der Waals surface area contributed by atoms with Gasteiger partial charge >= 0.3 is 0 Å². The zero-order chi connectivity index (χ0) is 16.4. The van der Waals surface area contributed by atoms with Gasteiger partial charge in [0.15, 0.2) is 5.16 Å². The van der Waals surface area contributed by atoms with Crippen molar-refractivity contribution < 1.29 is 44.1 Å². The Bertz CT molecular complexity index is 972. The number of nitrogens with one attached hydrogen (secondary N) is 3. The molecule has 6 nitrogen and oxygen atoms in total. The molecule has 0 saturated heterocycles. The van der Waals surface area contributed by atoms with Crippen LogP contribution >= 0.6 is 11.8 Å². The van der Waals surface area contributed by atoms with Crippen molar-refractivity contribution >= 4 is 40.0 Å². The molecule has 0 aliphatic heterocycles. The number of hydrogen-bond donors (Lipinski definition) is 2. The van der Waals surface area contributed by atoms with E-state index in [1.807, 2.05) is 42.5 Å². The van der Waals surface area contributed by atoms with E-state index in [-0.39, 0.29) is 44.1 Å². The van der Waals surface area contributed by atoms with Gasteiger partial charge in [0.05, 0.1) is 11.7 Å². The van der Waals surface area contributed by atoms with E-state index in [9.17, 15) is 0 Å². The first-order chi connectivity index (χ1) is 11.8. The van der Waals surface area contributed by atoms with E-state index in [0.29, 0.717) is 10.8 Å². The summed E-state index contributed by atoms with van der Waals surface area (Å²) in [5.74, 6) is 1.50. The fourth-order valence-electron chi connectivity index (χ4n) is 2.28. The Kier molecular flexibility index (Phi) is 5.94. The second kappa shape index (κ2) is 8.17. The predicted molar refractivity (Wildman–Crippen MR) is 96.0 cm³/mol. The summed E-state index contributed by atoms with van der Waals surface area (Å²) in [4.78, 5) is 10.3. The number of para-hydroxylation sites is 1. The number of benzene rings is 2. The molecule has 0 aliphatic rings. The number of H-pyrrole nitrogens is 1. The minimum Gasteiger partial charge on any atom is -0.699 e. The smallest absolute Gasteiger partial charge is 0.195 e. The van der Waals surface area contributed by atoms with Crippen molar-refractivity contribution in [2.75, 3.05) is 5.32 Å². The van der Waals surface area contributed by atoms with Crippen LogP contribution in [0, 0.1) is 44.1 Å². The maximum Gasteiger partial charge on any atom is 0.195 e. The molecular weight excluding hydrogens is 547 g/mol. The van der Waals surface area contributed by atoms with Crippen LogP contribution in [0.4, 0.5) is 17.3 Å². The van der Waals surface area contributed by atoms with E-state index in [1.54, 1.807) is 18.3 Å². The maximum atomic E-state index is 7.56. The second-order valence-electron chi connectivity index (χ2n) is 5.09. The molecule has 0 atom stereocenters. The Labute approximate surface area is 184 Å². The number of aromatic nitrogens is 4. The fourth-order valence-corrected chi connectivity index (χ4v) is 3.04. The SMILES string of the molecule is [Ac].[NH-]c1ccc(Sc2nc(Nc3ccn[nH]3)c3ccccc3n2)cc1. The molecule has 8 heteroatoms. The topological polar surface area (TPSA) is 90.3 Å². The first-order valence-electron chi connectivity index (χ1n) is 7.31. The average Bonchev–Trinajstić information content (AvgIpc) is 3.10. The van der Waals surface area contributed by atoms with Crippen molar-refractivity contribution in [2.45, 2.75) is 10.1 Å². The van der Waals surface area contributed by atoms with Gasteiger partial charge in [0.2, 0.25) is 0 Å². The van der Waals surface area contributed by atoms with Crippen LogP contribution in [0.15, 0.2) is 70.8 Å². The van der Waals surface area contributed by atoms with Crippen LogP contribution in [0.25, 0.3) is 16.6 Å². The summed E-state index contributed by atoms with van der Waals surface area (Å²) in [6.07, 6.45) is 1.68. The first-order valence-corrected chi connectivity index (χ1v) is 8.12. The van der Waals surface area contributed by atoms with Crippen molar-refractivity contribution in [3.8, 4) is 0 Å². The third-order valence-corrected chi connectivity index (χ3v) is 4.27. The zero-order valence-electron chi connectivity index (χ0n) is 13.1. The Morgan fingerprint density at radius 3 is 2.52 bits per heavy atom. The molecule has 0 unspecified atom stereocenters. The molecule has 4 aromatic rings. The quantitative estimate of drug-likeness (QED) is 0.346. The molecule has 0 aliphatic carbocycles. The molecule has 0 spiro atoms. The number of nitrogens with zero attached hydrogens (tertiary/aromatic N) is 3. The Hall–Kier alpha value is -1.62. The Morgan fingerprint density at radius 2 is 1.76 bits per heavy atom. The largest absolute Gasteiger partial charge is 0.699 e. The van der Waals surface area contributed by atoms with Crippen LogP contribution in [-0.2, 0) is 0 Å². The van der Waals surface area contributed by atoms with E-state index < -0.39 is 0 Å². The molecule has 0 fully saturated rings. The van der Waals surface area contributed by atoms with E-state index in [4.69, 9.17) is 5.73 Å². The molecule has 25 heavy (non-hydrogen) atoms. The average molecular weight is 560 g/mol. The minimum absolute atomic E-state index is 0. The van der Waals surface area contributed by atoms with E-state index in [2.05, 4.69) is 25.5 Å². The van der Waals surface area contributed by atoms with Crippen molar-refractivity contribution in [1.82, 2.24) is 20.2 Å². The summed E-state index contributed by atoms with van der Waals surface area (Å²) in [6.45, 7) is 0. The molecule has 0 amide bonds. The molecular formula is C17H13AcN6S-. The summed E-state index contributed by atoms with van der Waals surface area (Å²) in [5, 5.41) is 11.7. The van der Waals surface area contributed by atoms with E-state index in [0.717, 1.165) is 27.4 Å². The van der Waals surface area contributed by atoms with Gasteiger partial charge in [-0.05, 0) is 36.0 Å². The van der Waals surface area contributed by atoms with Gasteiger partial charge in [0.25, 0.3) is 0 Å². The van der Waals surface area contributed by atoms with E-state index in [1.165, 1.54) is 11.8 Å². The minimum atomic E-state index is 0. The molecule has 2 heterocycles.